The lowest BCUT2D eigenvalue weighted by atomic mass is 9.93. The van der Waals surface area contributed by atoms with Crippen molar-refractivity contribution in [1.29, 1.82) is 0 Å². The summed E-state index contributed by atoms with van der Waals surface area (Å²) in [5.41, 5.74) is 5.73. The zero-order valence-corrected chi connectivity index (χ0v) is 9.67. The molecule has 0 spiro atoms. The van der Waals surface area contributed by atoms with Crippen LogP contribution in [0.3, 0.4) is 0 Å². The van der Waals surface area contributed by atoms with Crippen molar-refractivity contribution in [1.82, 2.24) is 0 Å². The maximum Gasteiger partial charge on any atom is 0.573 e. The third kappa shape index (κ3) is 1.41. The van der Waals surface area contributed by atoms with E-state index in [9.17, 15) is 13.2 Å². The minimum absolute atomic E-state index is 0.228. The van der Waals surface area contributed by atoms with Crippen molar-refractivity contribution in [2.45, 2.75) is 30.7 Å². The molecule has 1 saturated carbocycles. The van der Waals surface area contributed by atoms with E-state index in [1.807, 2.05) is 6.92 Å². The van der Waals surface area contributed by atoms with Crippen molar-refractivity contribution in [3.63, 3.8) is 0 Å². The van der Waals surface area contributed by atoms with Crippen LogP contribution in [0.4, 0.5) is 13.2 Å². The van der Waals surface area contributed by atoms with Gasteiger partial charge in [0.15, 0.2) is 0 Å². The van der Waals surface area contributed by atoms with Gasteiger partial charge in [0.05, 0.1) is 5.41 Å². The minimum Gasteiger partial charge on any atom is -0.486 e. The molecule has 0 amide bonds. The first-order valence-electron chi connectivity index (χ1n) is 5.59. The molecular formula is C12H12F3NO2. The summed E-state index contributed by atoms with van der Waals surface area (Å²) in [6.45, 7) is 2.27. The number of ether oxygens (including phenoxy) is 2. The molecule has 3 rings (SSSR count). The standard InChI is InChI=1S/C12H12F3NO2/c1-10-5-11(10,6-16)8-4-7(17-12(13,14)15)2-3-9(8)18-10/h2-4H,5-6,16H2,1H3. The molecule has 0 radical (unpaired) electrons. The molecule has 1 aliphatic carbocycles. The average Bonchev–Trinajstić information content (AvgIpc) is 2.78. The van der Waals surface area contributed by atoms with E-state index in [1.165, 1.54) is 18.2 Å². The summed E-state index contributed by atoms with van der Waals surface area (Å²) in [7, 11) is 0. The fraction of sp³-hybridized carbons (Fsp3) is 0.500. The minimum atomic E-state index is -4.68. The van der Waals surface area contributed by atoms with Gasteiger partial charge in [-0.05, 0) is 25.1 Å². The summed E-state index contributed by atoms with van der Waals surface area (Å²) in [5, 5.41) is 0. The van der Waals surface area contributed by atoms with Crippen LogP contribution in [-0.4, -0.2) is 18.5 Å². The van der Waals surface area contributed by atoms with E-state index >= 15 is 0 Å². The van der Waals surface area contributed by atoms with Gasteiger partial charge >= 0.3 is 6.36 Å². The Kier molecular flexibility index (Phi) is 2.02. The van der Waals surface area contributed by atoms with Crippen molar-refractivity contribution in [2.24, 2.45) is 5.73 Å². The predicted molar refractivity (Wildman–Crippen MR) is 57.5 cm³/mol. The fourth-order valence-corrected chi connectivity index (χ4v) is 2.86. The Hall–Kier alpha value is -1.43. The van der Waals surface area contributed by atoms with Crippen LogP contribution in [0, 0.1) is 0 Å². The van der Waals surface area contributed by atoms with E-state index in [1.54, 1.807) is 0 Å². The highest BCUT2D eigenvalue weighted by atomic mass is 19.4. The Balaban J connectivity index is 1.98. The van der Waals surface area contributed by atoms with Gasteiger partial charge < -0.3 is 15.2 Å². The van der Waals surface area contributed by atoms with Crippen molar-refractivity contribution in [2.75, 3.05) is 6.54 Å². The molecule has 2 atom stereocenters. The van der Waals surface area contributed by atoms with Gasteiger partial charge in [-0.3, -0.25) is 0 Å². The number of rotatable bonds is 2. The van der Waals surface area contributed by atoms with Gasteiger partial charge in [-0.1, -0.05) is 0 Å². The first-order valence-corrected chi connectivity index (χ1v) is 5.59. The maximum absolute atomic E-state index is 12.2. The van der Waals surface area contributed by atoms with E-state index in [0.29, 0.717) is 17.9 Å². The van der Waals surface area contributed by atoms with E-state index in [4.69, 9.17) is 10.5 Å². The van der Waals surface area contributed by atoms with Crippen LogP contribution in [0.15, 0.2) is 18.2 Å². The normalized spacial score (nSPS) is 32.5. The van der Waals surface area contributed by atoms with Crippen LogP contribution in [-0.2, 0) is 5.41 Å². The molecule has 98 valence electrons. The number of hydrogen-bond donors (Lipinski definition) is 1. The summed E-state index contributed by atoms with van der Waals surface area (Å²) in [5.74, 6) is 0.373. The molecule has 3 nitrogen and oxygen atoms in total. The lowest BCUT2D eigenvalue weighted by Crippen LogP contribution is -2.27. The number of fused-ring (bicyclic) bond motifs is 3. The average molecular weight is 259 g/mol. The molecule has 18 heavy (non-hydrogen) atoms. The van der Waals surface area contributed by atoms with E-state index in [-0.39, 0.29) is 16.8 Å². The Morgan fingerprint density at radius 3 is 2.78 bits per heavy atom. The Morgan fingerprint density at radius 2 is 2.17 bits per heavy atom. The summed E-state index contributed by atoms with van der Waals surface area (Å²) in [4.78, 5) is 0. The van der Waals surface area contributed by atoms with Crippen molar-refractivity contribution in [3.05, 3.63) is 23.8 Å². The molecule has 2 aliphatic rings. The maximum atomic E-state index is 12.2. The largest absolute Gasteiger partial charge is 0.573 e. The van der Waals surface area contributed by atoms with Gasteiger partial charge in [0, 0.05) is 18.5 Å². The molecule has 2 N–H and O–H groups in total. The molecule has 1 aliphatic heterocycles. The van der Waals surface area contributed by atoms with Crippen molar-refractivity contribution in [3.8, 4) is 11.5 Å². The molecule has 0 aromatic heterocycles. The third-order valence-corrected chi connectivity index (χ3v) is 3.91. The number of hydrogen-bond acceptors (Lipinski definition) is 3. The lowest BCUT2D eigenvalue weighted by Gasteiger charge is -2.13. The van der Waals surface area contributed by atoms with Crippen LogP contribution in [0.2, 0.25) is 0 Å². The van der Waals surface area contributed by atoms with E-state index < -0.39 is 6.36 Å². The van der Waals surface area contributed by atoms with Gasteiger partial charge in [-0.2, -0.15) is 0 Å². The molecule has 6 heteroatoms. The number of alkyl halides is 3. The molecular weight excluding hydrogens is 247 g/mol. The van der Waals surface area contributed by atoms with Crippen molar-refractivity contribution >= 4 is 0 Å². The first-order chi connectivity index (χ1) is 8.30. The number of nitrogens with two attached hydrogens (primary N) is 1. The van der Waals surface area contributed by atoms with Gasteiger partial charge in [-0.25, -0.2) is 0 Å². The fourth-order valence-electron chi connectivity index (χ4n) is 2.86. The van der Waals surface area contributed by atoms with Gasteiger partial charge in [0.25, 0.3) is 0 Å². The molecule has 1 fully saturated rings. The van der Waals surface area contributed by atoms with Gasteiger partial charge in [-0.15, -0.1) is 13.2 Å². The second kappa shape index (κ2) is 3.12. The van der Waals surface area contributed by atoms with Crippen LogP contribution in [0.5, 0.6) is 11.5 Å². The molecule has 0 bridgehead atoms. The van der Waals surface area contributed by atoms with Crippen LogP contribution in [0.1, 0.15) is 18.9 Å². The van der Waals surface area contributed by atoms with Crippen LogP contribution >= 0.6 is 0 Å². The Bertz CT molecular complexity index is 517. The second-order valence-corrected chi connectivity index (χ2v) is 5.00. The summed E-state index contributed by atoms with van der Waals surface area (Å²) in [6.07, 6.45) is -3.95. The summed E-state index contributed by atoms with van der Waals surface area (Å²) < 4.78 is 46.2. The highest BCUT2D eigenvalue weighted by Crippen LogP contribution is 2.66. The number of halogens is 3. The Morgan fingerprint density at radius 1 is 1.44 bits per heavy atom. The van der Waals surface area contributed by atoms with Crippen LogP contribution < -0.4 is 15.2 Å². The first kappa shape index (κ1) is 11.6. The molecule has 1 aromatic carbocycles. The summed E-state index contributed by atoms with van der Waals surface area (Å²) in [6, 6.07) is 4.14. The molecule has 2 unspecified atom stereocenters. The zero-order valence-electron chi connectivity index (χ0n) is 9.67. The van der Waals surface area contributed by atoms with Gasteiger partial charge in [0.2, 0.25) is 0 Å². The highest BCUT2D eigenvalue weighted by molar-refractivity contribution is 5.57. The monoisotopic (exact) mass is 259 g/mol. The molecule has 1 aromatic rings. The van der Waals surface area contributed by atoms with E-state index in [0.717, 1.165) is 6.42 Å². The van der Waals surface area contributed by atoms with Crippen LogP contribution in [0.25, 0.3) is 0 Å². The molecule has 1 heterocycles. The Labute approximate surface area is 102 Å². The lowest BCUT2D eigenvalue weighted by molar-refractivity contribution is -0.274. The predicted octanol–water partition coefficient (Wildman–Crippen LogP) is 2.34. The molecule has 0 saturated heterocycles. The summed E-state index contributed by atoms with van der Waals surface area (Å²) >= 11 is 0. The smallest absolute Gasteiger partial charge is 0.486 e. The zero-order chi connectivity index (χ0) is 13.2. The van der Waals surface area contributed by atoms with Gasteiger partial charge in [0.1, 0.15) is 17.1 Å². The SMILES string of the molecule is CC12CC1(CN)c1cc(OC(F)(F)F)ccc1O2. The highest BCUT2D eigenvalue weighted by Gasteiger charge is 2.71. The quantitative estimate of drug-likeness (QED) is 0.886. The van der Waals surface area contributed by atoms with E-state index in [2.05, 4.69) is 4.74 Å². The second-order valence-electron chi connectivity index (χ2n) is 5.00. The third-order valence-electron chi connectivity index (χ3n) is 3.91. The number of benzene rings is 1. The topological polar surface area (TPSA) is 44.5 Å². The van der Waals surface area contributed by atoms with Crippen molar-refractivity contribution < 1.29 is 22.6 Å².